The third kappa shape index (κ3) is 1.44. The quantitative estimate of drug-likeness (QED) is 0.479. The van der Waals surface area contributed by atoms with Gasteiger partial charge in [-0.2, -0.15) is 11.8 Å². The van der Waals surface area contributed by atoms with E-state index >= 15 is 0 Å². The molecule has 3 rings (SSSR count). The lowest BCUT2D eigenvalue weighted by Crippen LogP contribution is -2.37. The van der Waals surface area contributed by atoms with Crippen LogP contribution in [0.1, 0.15) is 20.3 Å². The number of carbonyl (C=O) groups is 1. The Morgan fingerprint density at radius 1 is 1.44 bits per heavy atom. The lowest BCUT2D eigenvalue weighted by Gasteiger charge is -2.39. The molecule has 5 atom stereocenters. The standard InChI is InChI=1S/C13H18O2S/c1-7-10-3-4-16-6-9(10)5-11-12(7)8(2)15-13(11)14/h5,7-8,10-12H,3-4,6H2,1-2H3/t7-,8+,10-,11+,12+/m0/s1. The summed E-state index contributed by atoms with van der Waals surface area (Å²) in [7, 11) is 0. The third-order valence-electron chi connectivity index (χ3n) is 4.48. The monoisotopic (exact) mass is 238 g/mol. The maximum Gasteiger partial charge on any atom is 0.313 e. The molecule has 2 saturated heterocycles. The summed E-state index contributed by atoms with van der Waals surface area (Å²) in [6.07, 6.45) is 3.62. The molecule has 0 spiro atoms. The molecule has 1 aliphatic carbocycles. The summed E-state index contributed by atoms with van der Waals surface area (Å²) in [5, 5.41) is 0. The summed E-state index contributed by atoms with van der Waals surface area (Å²) in [5.74, 6) is 4.18. The van der Waals surface area contributed by atoms with Gasteiger partial charge in [0.25, 0.3) is 0 Å². The Kier molecular flexibility index (Phi) is 2.54. The maximum absolute atomic E-state index is 11.8. The molecule has 0 N–H and O–H groups in total. The Hall–Kier alpha value is -0.440. The van der Waals surface area contributed by atoms with Crippen LogP contribution in [0.25, 0.3) is 0 Å². The molecule has 2 aliphatic heterocycles. The zero-order chi connectivity index (χ0) is 11.3. The molecule has 0 aromatic carbocycles. The SMILES string of the molecule is C[C@@H]1[C@@H]2[C@@H](C)OC(=O)[C@@H]2C=C2CSCC[C@H]21. The van der Waals surface area contributed by atoms with Crippen molar-refractivity contribution in [2.45, 2.75) is 26.4 Å². The molecule has 0 amide bonds. The van der Waals surface area contributed by atoms with Crippen molar-refractivity contribution in [1.82, 2.24) is 0 Å². The molecule has 3 heteroatoms. The zero-order valence-electron chi connectivity index (χ0n) is 9.81. The van der Waals surface area contributed by atoms with Crippen molar-refractivity contribution in [2.75, 3.05) is 11.5 Å². The maximum atomic E-state index is 11.8. The van der Waals surface area contributed by atoms with Gasteiger partial charge in [0.2, 0.25) is 0 Å². The van der Waals surface area contributed by atoms with Gasteiger partial charge in [0.05, 0.1) is 5.92 Å². The van der Waals surface area contributed by atoms with Crippen molar-refractivity contribution in [3.63, 3.8) is 0 Å². The van der Waals surface area contributed by atoms with E-state index in [0.29, 0.717) is 17.8 Å². The van der Waals surface area contributed by atoms with Gasteiger partial charge in [-0.25, -0.2) is 0 Å². The molecule has 0 bridgehead atoms. The minimum absolute atomic E-state index is 0.00544. The number of fused-ring (bicyclic) bond motifs is 2. The van der Waals surface area contributed by atoms with Crippen molar-refractivity contribution in [3.05, 3.63) is 11.6 Å². The van der Waals surface area contributed by atoms with Gasteiger partial charge in [-0.1, -0.05) is 18.6 Å². The van der Waals surface area contributed by atoms with Crippen molar-refractivity contribution >= 4 is 17.7 Å². The molecular weight excluding hydrogens is 220 g/mol. The number of cyclic esters (lactones) is 1. The lowest BCUT2D eigenvalue weighted by molar-refractivity contribution is -0.142. The number of carbonyl (C=O) groups excluding carboxylic acids is 1. The Morgan fingerprint density at radius 3 is 3.06 bits per heavy atom. The molecule has 0 saturated carbocycles. The smallest absolute Gasteiger partial charge is 0.313 e. The number of hydrogen-bond acceptors (Lipinski definition) is 3. The predicted molar refractivity (Wildman–Crippen MR) is 65.2 cm³/mol. The van der Waals surface area contributed by atoms with E-state index in [4.69, 9.17) is 4.74 Å². The second kappa shape index (κ2) is 3.80. The van der Waals surface area contributed by atoms with Gasteiger partial charge in [-0.3, -0.25) is 4.79 Å². The van der Waals surface area contributed by atoms with Gasteiger partial charge >= 0.3 is 5.97 Å². The van der Waals surface area contributed by atoms with E-state index in [0.717, 1.165) is 5.75 Å². The van der Waals surface area contributed by atoms with Crippen LogP contribution < -0.4 is 0 Å². The van der Waals surface area contributed by atoms with Crippen LogP contribution in [0.15, 0.2) is 11.6 Å². The number of esters is 1. The molecule has 0 unspecified atom stereocenters. The van der Waals surface area contributed by atoms with Crippen molar-refractivity contribution in [3.8, 4) is 0 Å². The van der Waals surface area contributed by atoms with Crippen LogP contribution in [-0.4, -0.2) is 23.6 Å². The van der Waals surface area contributed by atoms with Gasteiger partial charge in [0.15, 0.2) is 0 Å². The molecule has 0 aromatic heterocycles. The minimum atomic E-state index is 0.00544. The van der Waals surface area contributed by atoms with Gasteiger partial charge in [0.1, 0.15) is 6.10 Å². The molecule has 2 nitrogen and oxygen atoms in total. The Morgan fingerprint density at radius 2 is 2.25 bits per heavy atom. The van der Waals surface area contributed by atoms with Crippen LogP contribution in [0.3, 0.4) is 0 Å². The molecule has 0 aromatic rings. The number of thioether (sulfide) groups is 1. The Bertz CT molecular complexity index is 350. The number of rotatable bonds is 0. The van der Waals surface area contributed by atoms with Crippen LogP contribution in [0, 0.1) is 23.7 Å². The predicted octanol–water partition coefficient (Wildman–Crippen LogP) is 2.49. The molecule has 0 radical (unpaired) electrons. The highest BCUT2D eigenvalue weighted by Crippen LogP contribution is 2.48. The van der Waals surface area contributed by atoms with Gasteiger partial charge in [-0.05, 0) is 30.9 Å². The lowest BCUT2D eigenvalue weighted by atomic mass is 9.66. The van der Waals surface area contributed by atoms with Crippen LogP contribution >= 0.6 is 11.8 Å². The molecule has 88 valence electrons. The largest absolute Gasteiger partial charge is 0.462 e. The van der Waals surface area contributed by atoms with E-state index in [1.165, 1.54) is 17.7 Å². The van der Waals surface area contributed by atoms with E-state index in [9.17, 15) is 4.79 Å². The first-order chi connectivity index (χ1) is 7.68. The fourth-order valence-electron chi connectivity index (χ4n) is 3.69. The first-order valence-corrected chi connectivity index (χ1v) is 7.33. The molecule has 2 fully saturated rings. The Balaban J connectivity index is 1.97. The summed E-state index contributed by atoms with van der Waals surface area (Å²) in [5.41, 5.74) is 1.51. The number of ether oxygens (including phenoxy) is 1. The highest BCUT2D eigenvalue weighted by atomic mass is 32.2. The molecular formula is C13H18O2S. The third-order valence-corrected chi connectivity index (χ3v) is 5.55. The molecule has 16 heavy (non-hydrogen) atoms. The van der Waals surface area contributed by atoms with E-state index in [1.807, 2.05) is 11.8 Å². The normalized spacial score (nSPS) is 46.8. The first kappa shape index (κ1) is 10.7. The van der Waals surface area contributed by atoms with E-state index < -0.39 is 0 Å². The van der Waals surface area contributed by atoms with Crippen LogP contribution in [0.5, 0.6) is 0 Å². The molecule has 3 aliphatic rings. The zero-order valence-corrected chi connectivity index (χ0v) is 10.6. The van der Waals surface area contributed by atoms with E-state index in [2.05, 4.69) is 19.9 Å². The van der Waals surface area contributed by atoms with Gasteiger partial charge in [-0.15, -0.1) is 0 Å². The summed E-state index contributed by atoms with van der Waals surface area (Å²) in [4.78, 5) is 11.8. The average molecular weight is 238 g/mol. The first-order valence-electron chi connectivity index (χ1n) is 6.17. The van der Waals surface area contributed by atoms with Crippen molar-refractivity contribution in [1.29, 1.82) is 0 Å². The second-order valence-corrected chi connectivity index (χ2v) is 6.40. The number of hydrogen-bond donors (Lipinski definition) is 0. The van der Waals surface area contributed by atoms with Crippen LogP contribution in [0.2, 0.25) is 0 Å². The van der Waals surface area contributed by atoms with Crippen molar-refractivity contribution in [2.24, 2.45) is 23.7 Å². The summed E-state index contributed by atoms with van der Waals surface area (Å²) >= 11 is 2.00. The minimum Gasteiger partial charge on any atom is -0.462 e. The summed E-state index contributed by atoms with van der Waals surface area (Å²) in [6.45, 7) is 4.36. The van der Waals surface area contributed by atoms with Gasteiger partial charge < -0.3 is 4.74 Å². The Labute approximate surface area is 101 Å². The highest BCUT2D eigenvalue weighted by Gasteiger charge is 2.49. The van der Waals surface area contributed by atoms with Crippen molar-refractivity contribution < 1.29 is 9.53 Å². The van der Waals surface area contributed by atoms with Gasteiger partial charge in [0, 0.05) is 11.7 Å². The van der Waals surface area contributed by atoms with E-state index in [1.54, 1.807) is 0 Å². The van der Waals surface area contributed by atoms with Crippen LogP contribution in [-0.2, 0) is 9.53 Å². The average Bonchev–Trinajstić information content (AvgIpc) is 2.55. The molecule has 2 heterocycles. The fraction of sp³-hybridized carbons (Fsp3) is 0.769. The fourth-order valence-corrected chi connectivity index (χ4v) is 4.80. The second-order valence-electron chi connectivity index (χ2n) is 5.29. The summed E-state index contributed by atoms with van der Waals surface area (Å²) in [6, 6.07) is 0. The topological polar surface area (TPSA) is 26.3 Å². The summed E-state index contributed by atoms with van der Waals surface area (Å²) < 4.78 is 5.39. The highest BCUT2D eigenvalue weighted by molar-refractivity contribution is 7.99. The van der Waals surface area contributed by atoms with E-state index in [-0.39, 0.29) is 18.0 Å². The van der Waals surface area contributed by atoms with Crippen LogP contribution in [0.4, 0.5) is 0 Å².